The molecule has 0 saturated carbocycles. The van der Waals surface area contributed by atoms with Crippen LogP contribution in [-0.4, -0.2) is 35.8 Å². The summed E-state index contributed by atoms with van der Waals surface area (Å²) in [5.74, 6) is 0.156. The Labute approximate surface area is 178 Å². The maximum Gasteiger partial charge on any atom is 0.270 e. The molecule has 0 fully saturated rings. The van der Waals surface area contributed by atoms with Crippen LogP contribution in [-0.2, 0) is 0 Å². The number of non-ortho nitro benzene ring substituents is 1. The lowest BCUT2D eigenvalue weighted by Gasteiger charge is -2.10. The molecule has 150 valence electrons. The van der Waals surface area contributed by atoms with E-state index in [-0.39, 0.29) is 16.4 Å². The first-order chi connectivity index (χ1) is 14.4. The van der Waals surface area contributed by atoms with Crippen LogP contribution in [0.15, 0.2) is 48.5 Å². The number of rotatable bonds is 4. The third kappa shape index (κ3) is 3.99. The highest BCUT2D eigenvalue weighted by Crippen LogP contribution is 2.27. The first-order valence-corrected chi connectivity index (χ1v) is 9.79. The Hall–Kier alpha value is -3.77. The minimum absolute atomic E-state index is 0.0673. The van der Waals surface area contributed by atoms with Crippen LogP contribution in [0.5, 0.6) is 0 Å². The van der Waals surface area contributed by atoms with E-state index in [4.69, 9.17) is 12.2 Å². The van der Waals surface area contributed by atoms with Crippen LogP contribution in [0.2, 0.25) is 0 Å². The van der Waals surface area contributed by atoms with E-state index in [1.165, 1.54) is 35.6 Å². The number of nitrogens with zero attached hydrogens (tertiary/aromatic N) is 5. The fourth-order valence-electron chi connectivity index (χ4n) is 2.66. The number of nitrogens with one attached hydrogen (secondary N) is 2. The van der Waals surface area contributed by atoms with Gasteiger partial charge in [0.2, 0.25) is 4.96 Å². The van der Waals surface area contributed by atoms with Crippen molar-refractivity contribution in [1.82, 2.24) is 25.1 Å². The summed E-state index contributed by atoms with van der Waals surface area (Å²) in [7, 11) is 0. The quantitative estimate of drug-likeness (QED) is 0.282. The van der Waals surface area contributed by atoms with E-state index in [2.05, 4.69) is 25.9 Å². The molecule has 0 unspecified atom stereocenters. The first-order valence-electron chi connectivity index (χ1n) is 8.57. The van der Waals surface area contributed by atoms with Crippen LogP contribution in [0, 0.1) is 17.0 Å². The number of nitro groups is 1. The lowest BCUT2D eigenvalue weighted by Crippen LogP contribution is -2.34. The molecule has 2 heterocycles. The molecule has 2 N–H and O–H groups in total. The van der Waals surface area contributed by atoms with Crippen LogP contribution < -0.4 is 10.6 Å². The Morgan fingerprint density at radius 1 is 1.20 bits per heavy atom. The molecule has 4 rings (SSSR count). The lowest BCUT2D eigenvalue weighted by molar-refractivity contribution is -0.384. The van der Waals surface area contributed by atoms with Crippen molar-refractivity contribution in [1.29, 1.82) is 0 Å². The predicted molar refractivity (Wildman–Crippen MR) is 116 cm³/mol. The number of aromatic nitrogens is 4. The zero-order valence-electron chi connectivity index (χ0n) is 15.4. The van der Waals surface area contributed by atoms with E-state index >= 15 is 0 Å². The molecular weight excluding hydrogens is 426 g/mol. The number of anilines is 1. The summed E-state index contributed by atoms with van der Waals surface area (Å²) in [6, 6.07) is 12.8. The molecule has 0 aliphatic heterocycles. The van der Waals surface area contributed by atoms with Crippen LogP contribution in [0.4, 0.5) is 11.4 Å². The van der Waals surface area contributed by atoms with E-state index in [1.54, 1.807) is 10.6 Å². The van der Waals surface area contributed by atoms with Gasteiger partial charge >= 0.3 is 0 Å². The molecule has 10 nitrogen and oxygen atoms in total. The number of aryl methyl sites for hydroxylation is 1. The van der Waals surface area contributed by atoms with Crippen LogP contribution in [0.1, 0.15) is 16.2 Å². The third-order valence-electron chi connectivity index (χ3n) is 4.06. The monoisotopic (exact) mass is 439 g/mol. The van der Waals surface area contributed by atoms with Crippen molar-refractivity contribution >= 4 is 50.9 Å². The van der Waals surface area contributed by atoms with Crippen molar-refractivity contribution in [2.75, 3.05) is 5.32 Å². The molecule has 0 aliphatic rings. The van der Waals surface area contributed by atoms with Gasteiger partial charge in [-0.2, -0.15) is 9.61 Å². The summed E-state index contributed by atoms with van der Waals surface area (Å²) < 4.78 is 1.67. The van der Waals surface area contributed by atoms with Crippen molar-refractivity contribution in [3.8, 4) is 10.6 Å². The van der Waals surface area contributed by atoms with Gasteiger partial charge in [-0.05, 0) is 37.3 Å². The number of benzene rings is 2. The number of amides is 1. The Morgan fingerprint density at radius 3 is 2.77 bits per heavy atom. The van der Waals surface area contributed by atoms with Gasteiger partial charge in [0.15, 0.2) is 10.9 Å². The van der Waals surface area contributed by atoms with Gasteiger partial charge in [-0.15, -0.1) is 10.2 Å². The maximum atomic E-state index is 12.3. The summed E-state index contributed by atoms with van der Waals surface area (Å²) >= 11 is 6.60. The maximum absolute atomic E-state index is 12.3. The summed E-state index contributed by atoms with van der Waals surface area (Å²) in [5, 5.41) is 29.7. The standard InChI is InChI=1S/C18H13N7O3S2/c1-10-21-22-18-24(10)23-16(30-18)12-5-2-6-13(8-12)19-17(29)20-15(26)11-4-3-7-14(9-11)25(27)28/h2-9H,1H3,(H2,19,20,26,29). The lowest BCUT2D eigenvalue weighted by atomic mass is 10.2. The van der Waals surface area contributed by atoms with Gasteiger partial charge in [0.25, 0.3) is 11.6 Å². The second-order valence-electron chi connectivity index (χ2n) is 6.15. The minimum Gasteiger partial charge on any atom is -0.332 e. The molecular formula is C18H13N7O3S2. The predicted octanol–water partition coefficient (Wildman–Crippen LogP) is 3.20. The van der Waals surface area contributed by atoms with Gasteiger partial charge in [-0.25, -0.2) is 0 Å². The van der Waals surface area contributed by atoms with Crippen molar-refractivity contribution in [3.63, 3.8) is 0 Å². The molecule has 12 heteroatoms. The van der Waals surface area contributed by atoms with Gasteiger partial charge in [0, 0.05) is 28.9 Å². The number of hydrogen-bond donors (Lipinski definition) is 2. The number of nitro benzene ring substituents is 1. The molecule has 0 aliphatic carbocycles. The fraction of sp³-hybridized carbons (Fsp3) is 0.0556. The summed E-state index contributed by atoms with van der Waals surface area (Å²) in [6.07, 6.45) is 0. The fourth-order valence-corrected chi connectivity index (χ4v) is 3.75. The van der Waals surface area contributed by atoms with E-state index in [0.29, 0.717) is 16.5 Å². The van der Waals surface area contributed by atoms with Gasteiger partial charge in [-0.3, -0.25) is 20.2 Å². The second-order valence-corrected chi connectivity index (χ2v) is 7.51. The molecule has 1 amide bonds. The summed E-state index contributed by atoms with van der Waals surface area (Å²) in [4.78, 5) is 23.3. The summed E-state index contributed by atoms with van der Waals surface area (Å²) in [6.45, 7) is 1.82. The number of carbonyl (C=O) groups is 1. The topological polar surface area (TPSA) is 127 Å². The van der Waals surface area contributed by atoms with E-state index in [1.807, 2.05) is 25.1 Å². The molecule has 0 spiro atoms. The SMILES string of the molecule is Cc1nnc2sc(-c3cccc(NC(=S)NC(=O)c4cccc([N+](=O)[O-])c4)c3)nn12. The molecule has 0 radical (unpaired) electrons. The largest absolute Gasteiger partial charge is 0.332 e. The molecule has 0 bridgehead atoms. The molecule has 30 heavy (non-hydrogen) atoms. The minimum atomic E-state index is -0.563. The molecule has 2 aromatic heterocycles. The number of hydrogen-bond acceptors (Lipinski definition) is 8. The number of thiocarbonyl (C=S) groups is 1. The Bertz CT molecular complexity index is 1300. The normalized spacial score (nSPS) is 10.7. The zero-order valence-corrected chi connectivity index (χ0v) is 17.0. The Kier molecular flexibility index (Phi) is 5.16. The number of fused-ring (bicyclic) bond motifs is 1. The van der Waals surface area contributed by atoms with Crippen LogP contribution >= 0.6 is 23.6 Å². The van der Waals surface area contributed by atoms with E-state index < -0.39 is 10.8 Å². The van der Waals surface area contributed by atoms with Crippen molar-refractivity contribution in [2.45, 2.75) is 6.92 Å². The first kappa shape index (κ1) is 19.5. The van der Waals surface area contributed by atoms with Gasteiger partial charge in [0.1, 0.15) is 5.01 Å². The molecule has 4 aromatic rings. The highest BCUT2D eigenvalue weighted by atomic mass is 32.1. The summed E-state index contributed by atoms with van der Waals surface area (Å²) in [5.41, 5.74) is 1.47. The van der Waals surface area contributed by atoms with Crippen LogP contribution in [0.25, 0.3) is 15.5 Å². The Morgan fingerprint density at radius 2 is 2.00 bits per heavy atom. The highest BCUT2D eigenvalue weighted by Gasteiger charge is 2.14. The van der Waals surface area contributed by atoms with Gasteiger partial charge < -0.3 is 5.32 Å². The smallest absolute Gasteiger partial charge is 0.270 e. The van der Waals surface area contributed by atoms with E-state index in [9.17, 15) is 14.9 Å². The molecule has 0 saturated heterocycles. The zero-order chi connectivity index (χ0) is 21.3. The molecule has 0 atom stereocenters. The average molecular weight is 439 g/mol. The highest BCUT2D eigenvalue weighted by molar-refractivity contribution is 7.80. The van der Waals surface area contributed by atoms with Crippen LogP contribution in [0.3, 0.4) is 0 Å². The average Bonchev–Trinajstić information content (AvgIpc) is 3.30. The van der Waals surface area contributed by atoms with Crippen molar-refractivity contribution in [2.24, 2.45) is 0 Å². The van der Waals surface area contributed by atoms with Gasteiger partial charge in [0.05, 0.1) is 4.92 Å². The third-order valence-corrected chi connectivity index (χ3v) is 5.21. The van der Waals surface area contributed by atoms with E-state index in [0.717, 1.165) is 10.6 Å². The van der Waals surface area contributed by atoms with Crippen molar-refractivity contribution < 1.29 is 9.72 Å². The number of carbonyl (C=O) groups excluding carboxylic acids is 1. The van der Waals surface area contributed by atoms with Gasteiger partial charge in [-0.1, -0.05) is 29.5 Å². The second kappa shape index (κ2) is 7.93. The Balaban J connectivity index is 1.47. The van der Waals surface area contributed by atoms with Crippen molar-refractivity contribution in [3.05, 3.63) is 70.0 Å². The molecule has 2 aromatic carbocycles.